The normalized spacial score (nSPS) is 14.3. The first-order valence-corrected chi connectivity index (χ1v) is 6.01. The van der Waals surface area contributed by atoms with Crippen LogP contribution in [0.5, 0.6) is 5.75 Å². The standard InChI is InChI=1S/C13H11F7O3/c1-22-9-4-2-8(3-5-9)10(23-7-21)6-11(14,12(15,16)17)13(18,19)20/h2-5,7,10H,6H2,1H3. The van der Waals surface area contributed by atoms with E-state index in [1.54, 1.807) is 0 Å². The summed E-state index contributed by atoms with van der Waals surface area (Å²) in [5.41, 5.74) is -5.76. The summed E-state index contributed by atoms with van der Waals surface area (Å²) in [6.45, 7) is -0.345. The van der Waals surface area contributed by atoms with Crippen molar-refractivity contribution in [2.45, 2.75) is 30.5 Å². The Labute approximate surface area is 126 Å². The molecule has 0 saturated carbocycles. The number of halogens is 7. The summed E-state index contributed by atoms with van der Waals surface area (Å²) in [5.74, 6) is 0.261. The van der Waals surface area contributed by atoms with Crippen molar-refractivity contribution in [3.05, 3.63) is 29.8 Å². The maximum atomic E-state index is 13.7. The minimum atomic E-state index is -6.22. The van der Waals surface area contributed by atoms with Crippen LogP contribution in [0.2, 0.25) is 0 Å². The minimum Gasteiger partial charge on any atom is -0.497 e. The second-order valence-electron chi connectivity index (χ2n) is 4.49. The van der Waals surface area contributed by atoms with Crippen molar-refractivity contribution in [1.29, 1.82) is 0 Å². The second-order valence-corrected chi connectivity index (χ2v) is 4.49. The number of alkyl halides is 7. The molecule has 0 spiro atoms. The molecule has 0 radical (unpaired) electrons. The van der Waals surface area contributed by atoms with E-state index in [4.69, 9.17) is 4.74 Å². The Morgan fingerprint density at radius 3 is 1.83 bits per heavy atom. The Morgan fingerprint density at radius 1 is 1.00 bits per heavy atom. The van der Waals surface area contributed by atoms with Crippen molar-refractivity contribution in [3.63, 3.8) is 0 Å². The van der Waals surface area contributed by atoms with Gasteiger partial charge >= 0.3 is 18.0 Å². The largest absolute Gasteiger partial charge is 0.497 e. The van der Waals surface area contributed by atoms with Gasteiger partial charge in [0.2, 0.25) is 0 Å². The Hall–Kier alpha value is -2.00. The molecule has 0 heterocycles. The molecule has 0 aliphatic carbocycles. The molecule has 0 amide bonds. The van der Waals surface area contributed by atoms with Crippen LogP contribution < -0.4 is 4.74 Å². The van der Waals surface area contributed by atoms with Crippen molar-refractivity contribution < 1.29 is 45.0 Å². The van der Waals surface area contributed by atoms with E-state index < -0.39 is 30.5 Å². The highest BCUT2D eigenvalue weighted by molar-refractivity contribution is 5.39. The van der Waals surface area contributed by atoms with E-state index in [1.165, 1.54) is 19.2 Å². The molecular formula is C13H11F7O3. The van der Waals surface area contributed by atoms with Gasteiger partial charge in [-0.2, -0.15) is 26.3 Å². The molecule has 1 rings (SSSR count). The molecule has 0 aliphatic rings. The van der Waals surface area contributed by atoms with Gasteiger partial charge in [0.25, 0.3) is 6.47 Å². The zero-order valence-electron chi connectivity index (χ0n) is 11.5. The number of carbonyl (C=O) groups is 1. The summed E-state index contributed by atoms with van der Waals surface area (Å²) in [6.07, 6.45) is -16.7. The van der Waals surface area contributed by atoms with Gasteiger partial charge in [-0.3, -0.25) is 4.79 Å². The maximum absolute atomic E-state index is 13.7. The first-order chi connectivity index (χ1) is 10.5. The number of ether oxygens (including phenoxy) is 2. The number of hydrogen-bond donors (Lipinski definition) is 0. The molecule has 0 aromatic heterocycles. The molecule has 3 nitrogen and oxygen atoms in total. The molecule has 0 saturated heterocycles. The maximum Gasteiger partial charge on any atom is 0.431 e. The lowest BCUT2D eigenvalue weighted by molar-refractivity contribution is -0.347. The summed E-state index contributed by atoms with van der Waals surface area (Å²) in [5, 5.41) is 0. The zero-order chi connectivity index (χ0) is 17.9. The molecule has 1 atom stereocenters. The van der Waals surface area contributed by atoms with Crippen molar-refractivity contribution in [2.75, 3.05) is 7.11 Å². The van der Waals surface area contributed by atoms with E-state index in [-0.39, 0.29) is 17.8 Å². The third-order valence-corrected chi connectivity index (χ3v) is 3.07. The number of methoxy groups -OCH3 is 1. The molecule has 1 unspecified atom stereocenters. The van der Waals surface area contributed by atoms with Gasteiger partial charge in [0, 0.05) is 6.42 Å². The second kappa shape index (κ2) is 6.63. The molecule has 0 bridgehead atoms. The first kappa shape index (κ1) is 19.0. The van der Waals surface area contributed by atoms with Gasteiger partial charge in [0.05, 0.1) is 7.11 Å². The fraction of sp³-hybridized carbons (Fsp3) is 0.462. The fourth-order valence-electron chi connectivity index (χ4n) is 1.78. The average Bonchev–Trinajstić information content (AvgIpc) is 2.44. The lowest BCUT2D eigenvalue weighted by Crippen LogP contribution is -2.54. The van der Waals surface area contributed by atoms with Crippen LogP contribution in [0.15, 0.2) is 24.3 Å². The quantitative estimate of drug-likeness (QED) is 0.573. The summed E-state index contributed by atoms with van der Waals surface area (Å²) >= 11 is 0. The predicted molar refractivity (Wildman–Crippen MR) is 63.5 cm³/mol. The molecule has 1 aromatic carbocycles. The molecule has 130 valence electrons. The van der Waals surface area contributed by atoms with Crippen molar-refractivity contribution in [1.82, 2.24) is 0 Å². The SMILES string of the molecule is COc1ccc(C(CC(F)(C(F)(F)F)C(F)(F)F)OC=O)cc1. The van der Waals surface area contributed by atoms with Crippen LogP contribution in [0.25, 0.3) is 0 Å². The number of benzene rings is 1. The van der Waals surface area contributed by atoms with Crippen LogP contribution in [0.3, 0.4) is 0 Å². The molecule has 23 heavy (non-hydrogen) atoms. The van der Waals surface area contributed by atoms with Crippen LogP contribution in [-0.4, -0.2) is 31.6 Å². The third kappa shape index (κ3) is 4.05. The Bertz CT molecular complexity index is 508. The first-order valence-electron chi connectivity index (χ1n) is 6.01. The molecular weight excluding hydrogens is 337 g/mol. The van der Waals surface area contributed by atoms with E-state index in [9.17, 15) is 35.5 Å². The third-order valence-electron chi connectivity index (χ3n) is 3.07. The lowest BCUT2D eigenvalue weighted by Gasteiger charge is -2.32. The van der Waals surface area contributed by atoms with E-state index in [0.29, 0.717) is 0 Å². The highest BCUT2D eigenvalue weighted by atomic mass is 19.4. The zero-order valence-corrected chi connectivity index (χ0v) is 11.5. The number of hydrogen-bond acceptors (Lipinski definition) is 3. The monoisotopic (exact) mass is 348 g/mol. The van der Waals surface area contributed by atoms with Crippen LogP contribution in [0, 0.1) is 0 Å². The molecule has 0 N–H and O–H groups in total. The van der Waals surface area contributed by atoms with Gasteiger partial charge in [-0.1, -0.05) is 12.1 Å². The number of carbonyl (C=O) groups excluding carboxylic acids is 1. The molecule has 0 aliphatic heterocycles. The smallest absolute Gasteiger partial charge is 0.431 e. The van der Waals surface area contributed by atoms with Gasteiger partial charge in [-0.15, -0.1) is 0 Å². The topological polar surface area (TPSA) is 35.5 Å². The van der Waals surface area contributed by atoms with Crippen molar-refractivity contribution in [3.8, 4) is 5.75 Å². The van der Waals surface area contributed by atoms with Crippen molar-refractivity contribution in [2.24, 2.45) is 0 Å². The highest BCUT2D eigenvalue weighted by Crippen LogP contribution is 2.51. The molecule has 10 heteroatoms. The summed E-state index contributed by atoms with van der Waals surface area (Å²) < 4.78 is 98.2. The summed E-state index contributed by atoms with van der Waals surface area (Å²) in [7, 11) is 1.29. The lowest BCUT2D eigenvalue weighted by atomic mass is 9.92. The van der Waals surface area contributed by atoms with Gasteiger partial charge in [0.1, 0.15) is 11.9 Å². The predicted octanol–water partition coefficient (Wildman–Crippen LogP) is 4.13. The molecule has 1 aromatic rings. The van der Waals surface area contributed by atoms with Crippen LogP contribution in [-0.2, 0) is 9.53 Å². The van der Waals surface area contributed by atoms with E-state index >= 15 is 0 Å². The fourth-order valence-corrected chi connectivity index (χ4v) is 1.78. The van der Waals surface area contributed by atoms with Crippen LogP contribution in [0.4, 0.5) is 30.7 Å². The van der Waals surface area contributed by atoms with E-state index in [0.717, 1.165) is 12.1 Å². The van der Waals surface area contributed by atoms with E-state index in [1.807, 2.05) is 0 Å². The van der Waals surface area contributed by atoms with Gasteiger partial charge < -0.3 is 9.47 Å². The van der Waals surface area contributed by atoms with Gasteiger partial charge in [-0.25, -0.2) is 4.39 Å². The van der Waals surface area contributed by atoms with Gasteiger partial charge in [-0.05, 0) is 17.7 Å². The Kier molecular flexibility index (Phi) is 5.49. The van der Waals surface area contributed by atoms with Crippen molar-refractivity contribution >= 4 is 6.47 Å². The summed E-state index contributed by atoms with van der Waals surface area (Å²) in [6, 6.07) is 4.58. The minimum absolute atomic E-state index is 0.242. The van der Waals surface area contributed by atoms with Gasteiger partial charge in [0.15, 0.2) is 0 Å². The Balaban J connectivity index is 3.20. The van der Waals surface area contributed by atoms with Crippen LogP contribution >= 0.6 is 0 Å². The van der Waals surface area contributed by atoms with E-state index in [2.05, 4.69) is 4.74 Å². The number of rotatable bonds is 6. The summed E-state index contributed by atoms with van der Waals surface area (Å²) in [4.78, 5) is 10.4. The van der Waals surface area contributed by atoms with Crippen LogP contribution in [0.1, 0.15) is 18.1 Å². The average molecular weight is 348 g/mol. The Morgan fingerprint density at radius 2 is 1.48 bits per heavy atom. The molecule has 0 fully saturated rings. The highest BCUT2D eigenvalue weighted by Gasteiger charge is 2.73.